The second-order valence-corrected chi connectivity index (χ2v) is 7.07. The molecule has 1 aliphatic rings. The molecular formula is C9H17N3O5S2. The van der Waals surface area contributed by atoms with E-state index in [1.807, 2.05) is 0 Å². The van der Waals surface area contributed by atoms with Gasteiger partial charge in [0.1, 0.15) is 6.04 Å². The summed E-state index contributed by atoms with van der Waals surface area (Å²) < 4.78 is 24.4. The molecule has 1 rings (SSSR count). The van der Waals surface area contributed by atoms with Crippen LogP contribution >= 0.6 is 11.8 Å². The van der Waals surface area contributed by atoms with Gasteiger partial charge >= 0.3 is 12.0 Å². The Morgan fingerprint density at radius 2 is 2.16 bits per heavy atom. The number of carboxylic acid groups (broad SMARTS) is 1. The number of nitrogens with one attached hydrogen (secondary N) is 2. The highest BCUT2D eigenvalue weighted by Gasteiger charge is 2.32. The van der Waals surface area contributed by atoms with Gasteiger partial charge in [0, 0.05) is 24.6 Å². The Bertz CT molecular complexity index is 439. The van der Waals surface area contributed by atoms with Crippen LogP contribution in [0.15, 0.2) is 0 Å². The maximum atomic E-state index is 11.8. The zero-order chi connectivity index (χ0) is 14.5. The number of amides is 2. The van der Waals surface area contributed by atoms with E-state index >= 15 is 0 Å². The summed E-state index contributed by atoms with van der Waals surface area (Å²) >= 11 is 1.48. The molecule has 0 aliphatic carbocycles. The number of sulfonamides is 1. The molecular weight excluding hydrogens is 294 g/mol. The van der Waals surface area contributed by atoms with Gasteiger partial charge in [-0.05, 0) is 7.05 Å². The molecule has 3 N–H and O–H groups in total. The zero-order valence-corrected chi connectivity index (χ0v) is 12.1. The molecule has 110 valence electrons. The summed E-state index contributed by atoms with van der Waals surface area (Å²) in [5.41, 5.74) is 0. The molecule has 1 fully saturated rings. The third-order valence-corrected chi connectivity index (χ3v) is 5.02. The Kier molecular flexibility index (Phi) is 5.88. The fourth-order valence-electron chi connectivity index (χ4n) is 1.55. The van der Waals surface area contributed by atoms with Crippen molar-refractivity contribution in [2.75, 3.05) is 37.4 Å². The Balaban J connectivity index is 2.50. The van der Waals surface area contributed by atoms with E-state index in [2.05, 4.69) is 10.0 Å². The first-order chi connectivity index (χ1) is 8.87. The maximum Gasteiger partial charge on any atom is 0.327 e. The molecule has 1 unspecified atom stereocenters. The number of hydrogen-bond acceptors (Lipinski definition) is 5. The number of rotatable bonds is 5. The van der Waals surface area contributed by atoms with E-state index in [0.717, 1.165) is 0 Å². The van der Waals surface area contributed by atoms with Gasteiger partial charge in [0.25, 0.3) is 0 Å². The third-order valence-electron chi connectivity index (χ3n) is 2.63. The van der Waals surface area contributed by atoms with Gasteiger partial charge in [-0.15, -0.1) is 0 Å². The van der Waals surface area contributed by atoms with Crippen LogP contribution in [0, 0.1) is 0 Å². The van der Waals surface area contributed by atoms with E-state index in [-0.39, 0.29) is 12.3 Å². The number of thioether (sulfide) groups is 1. The molecule has 19 heavy (non-hydrogen) atoms. The van der Waals surface area contributed by atoms with Crippen LogP contribution in [-0.4, -0.2) is 73.9 Å². The van der Waals surface area contributed by atoms with Crippen LogP contribution in [-0.2, 0) is 14.8 Å². The monoisotopic (exact) mass is 311 g/mol. The predicted molar refractivity (Wildman–Crippen MR) is 71.7 cm³/mol. The second kappa shape index (κ2) is 6.96. The summed E-state index contributed by atoms with van der Waals surface area (Å²) in [4.78, 5) is 24.0. The molecule has 0 bridgehead atoms. The summed E-state index contributed by atoms with van der Waals surface area (Å²) in [6.45, 7) is 0.282. The summed E-state index contributed by atoms with van der Waals surface area (Å²) in [5, 5.41) is 11.4. The summed E-state index contributed by atoms with van der Waals surface area (Å²) in [6.07, 6.45) is 0. The summed E-state index contributed by atoms with van der Waals surface area (Å²) in [7, 11) is -2.09. The first kappa shape index (κ1) is 16.1. The molecule has 0 spiro atoms. The summed E-state index contributed by atoms with van der Waals surface area (Å²) in [6, 6.07) is -1.40. The normalized spacial score (nSPS) is 20.1. The molecule has 8 nitrogen and oxygen atoms in total. The molecule has 1 heterocycles. The van der Waals surface area contributed by atoms with Crippen molar-refractivity contribution in [2.45, 2.75) is 6.04 Å². The molecule has 0 saturated carbocycles. The van der Waals surface area contributed by atoms with E-state index < -0.39 is 28.1 Å². The Hall–Kier alpha value is -1.00. The zero-order valence-electron chi connectivity index (χ0n) is 10.5. The standard InChI is InChI=1S/C9H17N3O5S2/c1-10-19(16,17)5-2-11-9(15)12-3-4-18-6-7(12)8(13)14/h7,10H,2-6H2,1H3,(H,11,15)(H,13,14). The van der Waals surface area contributed by atoms with E-state index in [1.54, 1.807) is 0 Å². The SMILES string of the molecule is CNS(=O)(=O)CCNC(=O)N1CCSCC1C(=O)O. The van der Waals surface area contributed by atoms with Crippen LogP contribution < -0.4 is 10.0 Å². The van der Waals surface area contributed by atoms with Crippen molar-refractivity contribution in [3.63, 3.8) is 0 Å². The van der Waals surface area contributed by atoms with Crippen molar-refractivity contribution in [3.05, 3.63) is 0 Å². The minimum absolute atomic E-state index is 0.0576. The van der Waals surface area contributed by atoms with Crippen LogP contribution in [0.2, 0.25) is 0 Å². The highest BCUT2D eigenvalue weighted by Crippen LogP contribution is 2.16. The number of urea groups is 1. The van der Waals surface area contributed by atoms with Gasteiger partial charge in [-0.2, -0.15) is 11.8 Å². The lowest BCUT2D eigenvalue weighted by Crippen LogP contribution is -2.54. The van der Waals surface area contributed by atoms with Crippen LogP contribution in [0.1, 0.15) is 0 Å². The highest BCUT2D eigenvalue weighted by atomic mass is 32.2. The Labute approximate surface area is 116 Å². The lowest BCUT2D eigenvalue weighted by Gasteiger charge is -2.32. The fourth-order valence-corrected chi connectivity index (χ4v) is 3.16. The summed E-state index contributed by atoms with van der Waals surface area (Å²) in [5.74, 6) is -0.274. The molecule has 1 aliphatic heterocycles. The molecule has 1 atom stereocenters. The Morgan fingerprint density at radius 1 is 1.47 bits per heavy atom. The fraction of sp³-hybridized carbons (Fsp3) is 0.778. The van der Waals surface area contributed by atoms with Gasteiger partial charge < -0.3 is 15.3 Å². The van der Waals surface area contributed by atoms with Crippen LogP contribution in [0.5, 0.6) is 0 Å². The van der Waals surface area contributed by atoms with Crippen molar-refractivity contribution in [2.24, 2.45) is 0 Å². The quantitative estimate of drug-likeness (QED) is 0.584. The maximum absolute atomic E-state index is 11.8. The molecule has 0 radical (unpaired) electrons. The van der Waals surface area contributed by atoms with Crippen LogP contribution in [0.3, 0.4) is 0 Å². The number of carbonyl (C=O) groups is 2. The topological polar surface area (TPSA) is 116 Å². The van der Waals surface area contributed by atoms with Gasteiger partial charge in [0.15, 0.2) is 0 Å². The van der Waals surface area contributed by atoms with Crippen molar-refractivity contribution in [1.29, 1.82) is 0 Å². The second-order valence-electron chi connectivity index (χ2n) is 3.88. The average molecular weight is 311 g/mol. The van der Waals surface area contributed by atoms with Gasteiger partial charge in [-0.25, -0.2) is 22.7 Å². The van der Waals surface area contributed by atoms with Crippen LogP contribution in [0.4, 0.5) is 4.79 Å². The minimum atomic E-state index is -3.38. The van der Waals surface area contributed by atoms with E-state index in [9.17, 15) is 18.0 Å². The number of aliphatic carboxylic acids is 1. The minimum Gasteiger partial charge on any atom is -0.480 e. The molecule has 2 amide bonds. The largest absolute Gasteiger partial charge is 0.480 e. The van der Waals surface area contributed by atoms with Crippen molar-refractivity contribution in [3.8, 4) is 0 Å². The third kappa shape index (κ3) is 4.88. The van der Waals surface area contributed by atoms with E-state index in [4.69, 9.17) is 5.11 Å². The van der Waals surface area contributed by atoms with Gasteiger partial charge in [-0.1, -0.05) is 0 Å². The number of hydrogen-bond donors (Lipinski definition) is 3. The van der Waals surface area contributed by atoms with E-state index in [1.165, 1.54) is 23.7 Å². The van der Waals surface area contributed by atoms with Crippen LogP contribution in [0.25, 0.3) is 0 Å². The van der Waals surface area contributed by atoms with Gasteiger partial charge in [-0.3, -0.25) is 0 Å². The highest BCUT2D eigenvalue weighted by molar-refractivity contribution is 7.99. The lowest BCUT2D eigenvalue weighted by molar-refractivity contribution is -0.141. The first-order valence-electron chi connectivity index (χ1n) is 5.63. The number of carboxylic acids is 1. The molecule has 10 heteroatoms. The number of carbonyl (C=O) groups excluding carboxylic acids is 1. The van der Waals surface area contributed by atoms with Crippen molar-refractivity contribution in [1.82, 2.24) is 14.9 Å². The first-order valence-corrected chi connectivity index (χ1v) is 8.44. The van der Waals surface area contributed by atoms with Crippen molar-refractivity contribution < 1.29 is 23.1 Å². The van der Waals surface area contributed by atoms with Gasteiger partial charge in [0.05, 0.1) is 5.75 Å². The molecule has 1 saturated heterocycles. The lowest BCUT2D eigenvalue weighted by atomic mass is 10.3. The molecule has 0 aromatic rings. The smallest absolute Gasteiger partial charge is 0.327 e. The predicted octanol–water partition coefficient (Wildman–Crippen LogP) is -1.25. The molecule has 0 aromatic heterocycles. The average Bonchev–Trinajstić information content (AvgIpc) is 2.38. The van der Waals surface area contributed by atoms with E-state index in [0.29, 0.717) is 18.1 Å². The Morgan fingerprint density at radius 3 is 2.74 bits per heavy atom. The van der Waals surface area contributed by atoms with Crippen molar-refractivity contribution >= 4 is 33.8 Å². The van der Waals surface area contributed by atoms with Gasteiger partial charge in [0.2, 0.25) is 10.0 Å². The molecule has 0 aromatic carbocycles. The number of nitrogens with zero attached hydrogens (tertiary/aromatic N) is 1.